The third kappa shape index (κ3) is 3.84. The van der Waals surface area contributed by atoms with E-state index in [4.69, 9.17) is 9.05 Å². The van der Waals surface area contributed by atoms with Crippen LogP contribution >= 0.6 is 7.60 Å². The Bertz CT molecular complexity index is 598. The minimum Gasteiger partial charge on any atom is -0.326 e. The van der Waals surface area contributed by atoms with Crippen LogP contribution in [0.15, 0.2) is 60.7 Å². The third-order valence-electron chi connectivity index (χ3n) is 3.76. The topological polar surface area (TPSA) is 38.8 Å². The maximum atomic E-state index is 13.2. The van der Waals surface area contributed by atoms with Crippen LogP contribution in [0.25, 0.3) is 0 Å². The predicted molar refractivity (Wildman–Crippen MR) is 95.3 cm³/mol. The number of hydrogen-bond donors (Lipinski definition) is 0. The highest BCUT2D eigenvalue weighted by atomic mass is 31.2. The molecular formula is C18H24NO3P. The fourth-order valence-electron chi connectivity index (χ4n) is 2.73. The number of nitrogens with zero attached hydrogens (tertiary/aromatic N) is 1. The average molecular weight is 333 g/mol. The second kappa shape index (κ2) is 7.78. The van der Waals surface area contributed by atoms with Crippen LogP contribution in [0, 0.1) is 5.92 Å². The summed E-state index contributed by atoms with van der Waals surface area (Å²) < 4.78 is 23.8. The Kier molecular flexibility index (Phi) is 6.00. The molecule has 0 heterocycles. The monoisotopic (exact) mass is 333 g/mol. The van der Waals surface area contributed by atoms with Crippen molar-refractivity contribution in [3.63, 3.8) is 0 Å². The molecule has 0 saturated carbocycles. The molecule has 0 aliphatic rings. The normalized spacial score (nSPS) is 13.1. The first kappa shape index (κ1) is 17.7. The molecule has 2 aromatic rings. The molecule has 0 radical (unpaired) electrons. The van der Waals surface area contributed by atoms with Crippen LogP contribution < -0.4 is 4.90 Å². The first-order valence-corrected chi connectivity index (χ1v) is 9.25. The summed E-state index contributed by atoms with van der Waals surface area (Å²) in [6.07, 6.45) is 0. The third-order valence-corrected chi connectivity index (χ3v) is 6.26. The number of rotatable bonds is 7. The summed E-state index contributed by atoms with van der Waals surface area (Å²) in [6, 6.07) is 19.8. The van der Waals surface area contributed by atoms with Crippen LogP contribution in [-0.4, -0.2) is 20.0 Å². The van der Waals surface area contributed by atoms with Crippen molar-refractivity contribution in [1.29, 1.82) is 0 Å². The zero-order valence-corrected chi connectivity index (χ0v) is 14.9. The highest BCUT2D eigenvalue weighted by Crippen LogP contribution is 2.57. The van der Waals surface area contributed by atoms with Crippen LogP contribution in [0.4, 0.5) is 11.4 Å². The van der Waals surface area contributed by atoms with Crippen molar-refractivity contribution < 1.29 is 13.6 Å². The molecule has 23 heavy (non-hydrogen) atoms. The molecule has 0 N–H and O–H groups in total. The van der Waals surface area contributed by atoms with Crippen LogP contribution in [0.5, 0.6) is 0 Å². The van der Waals surface area contributed by atoms with E-state index < -0.39 is 13.4 Å². The molecule has 5 heteroatoms. The van der Waals surface area contributed by atoms with Crippen molar-refractivity contribution in [2.24, 2.45) is 5.92 Å². The van der Waals surface area contributed by atoms with E-state index in [1.54, 1.807) is 0 Å². The van der Waals surface area contributed by atoms with Gasteiger partial charge in [0.15, 0.2) is 0 Å². The van der Waals surface area contributed by atoms with Crippen molar-refractivity contribution >= 4 is 19.0 Å². The van der Waals surface area contributed by atoms with Crippen LogP contribution in [0.3, 0.4) is 0 Å². The average Bonchev–Trinajstić information content (AvgIpc) is 2.60. The molecule has 0 unspecified atom stereocenters. The predicted octanol–water partition coefficient (Wildman–Crippen LogP) is 5.29. The largest absolute Gasteiger partial charge is 0.352 e. The SMILES string of the molecule is COP(=O)(OC)[C@H](C(C)C)N(c1ccccc1)c1ccccc1. The Morgan fingerprint density at radius 3 is 1.52 bits per heavy atom. The van der Waals surface area contributed by atoms with Crippen LogP contribution in [0.2, 0.25) is 0 Å². The molecule has 124 valence electrons. The fourth-order valence-corrected chi connectivity index (χ4v) is 4.59. The fraction of sp³-hybridized carbons (Fsp3) is 0.333. The van der Waals surface area contributed by atoms with E-state index in [0.29, 0.717) is 0 Å². The lowest BCUT2D eigenvalue weighted by atomic mass is 10.1. The summed E-state index contributed by atoms with van der Waals surface area (Å²) in [5.41, 5.74) is 1.90. The Balaban J connectivity index is 2.62. The van der Waals surface area contributed by atoms with Gasteiger partial charge in [0.05, 0.1) is 0 Å². The van der Waals surface area contributed by atoms with Crippen molar-refractivity contribution in [1.82, 2.24) is 0 Å². The zero-order valence-electron chi connectivity index (χ0n) is 14.0. The van der Waals surface area contributed by atoms with Gasteiger partial charge in [-0.2, -0.15) is 0 Å². The minimum atomic E-state index is -3.31. The molecule has 2 rings (SSSR count). The molecule has 0 aliphatic heterocycles. The molecule has 0 fully saturated rings. The van der Waals surface area contributed by atoms with Gasteiger partial charge < -0.3 is 13.9 Å². The van der Waals surface area contributed by atoms with Gasteiger partial charge in [-0.1, -0.05) is 50.2 Å². The molecule has 0 aliphatic carbocycles. The lowest BCUT2D eigenvalue weighted by Gasteiger charge is -2.38. The maximum Gasteiger partial charge on any atom is 0.352 e. The van der Waals surface area contributed by atoms with Gasteiger partial charge in [0.25, 0.3) is 0 Å². The van der Waals surface area contributed by atoms with Crippen LogP contribution in [0.1, 0.15) is 13.8 Å². The van der Waals surface area contributed by atoms with Gasteiger partial charge in [0.2, 0.25) is 0 Å². The smallest absolute Gasteiger partial charge is 0.326 e. The van der Waals surface area contributed by atoms with E-state index in [9.17, 15) is 4.57 Å². The lowest BCUT2D eigenvalue weighted by molar-refractivity contribution is 0.257. The minimum absolute atomic E-state index is 0.0566. The van der Waals surface area contributed by atoms with E-state index in [1.165, 1.54) is 14.2 Å². The summed E-state index contributed by atoms with van der Waals surface area (Å²) in [7, 11) is -0.432. The van der Waals surface area contributed by atoms with Crippen molar-refractivity contribution in [2.45, 2.75) is 19.6 Å². The molecule has 0 amide bonds. The molecule has 0 aromatic heterocycles. The van der Waals surface area contributed by atoms with Crippen molar-refractivity contribution in [3.05, 3.63) is 60.7 Å². The Labute approximate surface area is 138 Å². The summed E-state index contributed by atoms with van der Waals surface area (Å²) in [5, 5.41) is 0. The highest BCUT2D eigenvalue weighted by molar-refractivity contribution is 7.54. The molecule has 0 saturated heterocycles. The molecule has 1 atom stereocenters. The summed E-state index contributed by atoms with van der Waals surface area (Å²) in [5.74, 6) is -0.372. The van der Waals surface area contributed by atoms with E-state index in [1.807, 2.05) is 79.4 Å². The first-order chi connectivity index (χ1) is 11.0. The van der Waals surface area contributed by atoms with E-state index in [2.05, 4.69) is 0 Å². The highest BCUT2D eigenvalue weighted by Gasteiger charge is 2.41. The van der Waals surface area contributed by atoms with Crippen molar-refractivity contribution in [2.75, 3.05) is 19.1 Å². The quantitative estimate of drug-likeness (QED) is 0.645. The van der Waals surface area contributed by atoms with E-state index in [0.717, 1.165) is 11.4 Å². The van der Waals surface area contributed by atoms with E-state index in [-0.39, 0.29) is 5.92 Å². The van der Waals surface area contributed by atoms with Gasteiger partial charge in [-0.05, 0) is 30.2 Å². The lowest BCUT2D eigenvalue weighted by Crippen LogP contribution is -2.36. The molecule has 4 nitrogen and oxygen atoms in total. The number of hydrogen-bond acceptors (Lipinski definition) is 4. The summed E-state index contributed by atoms with van der Waals surface area (Å²) in [6.45, 7) is 4.04. The molecule has 2 aromatic carbocycles. The van der Waals surface area contributed by atoms with Gasteiger partial charge in [-0.15, -0.1) is 0 Å². The Morgan fingerprint density at radius 2 is 1.22 bits per heavy atom. The first-order valence-electron chi connectivity index (χ1n) is 7.64. The van der Waals surface area contributed by atoms with E-state index >= 15 is 0 Å². The van der Waals surface area contributed by atoms with Gasteiger partial charge in [0, 0.05) is 25.6 Å². The zero-order chi connectivity index (χ0) is 16.9. The van der Waals surface area contributed by atoms with Gasteiger partial charge in [-0.25, -0.2) is 0 Å². The standard InChI is InChI=1S/C18H24NO3P/c1-15(2)18(23(20,21-3)22-4)19(16-11-7-5-8-12-16)17-13-9-6-10-14-17/h5-15,18H,1-4H3/t18-/m1/s1. The molecular weight excluding hydrogens is 309 g/mol. The molecule has 0 spiro atoms. The number of anilines is 2. The van der Waals surface area contributed by atoms with Gasteiger partial charge >= 0.3 is 7.60 Å². The summed E-state index contributed by atoms with van der Waals surface area (Å²) >= 11 is 0. The number of para-hydroxylation sites is 2. The Morgan fingerprint density at radius 1 is 0.826 bits per heavy atom. The maximum absolute atomic E-state index is 13.2. The Hall–Kier alpha value is -1.61. The van der Waals surface area contributed by atoms with Crippen molar-refractivity contribution in [3.8, 4) is 0 Å². The van der Waals surface area contributed by atoms with Gasteiger partial charge in [-0.3, -0.25) is 4.57 Å². The number of benzene rings is 2. The van der Waals surface area contributed by atoms with Crippen LogP contribution in [-0.2, 0) is 13.6 Å². The van der Waals surface area contributed by atoms with Gasteiger partial charge in [0.1, 0.15) is 5.78 Å². The second-order valence-corrected chi connectivity index (χ2v) is 7.94. The molecule has 0 bridgehead atoms. The summed E-state index contributed by atoms with van der Waals surface area (Å²) in [4.78, 5) is 2.04. The second-order valence-electron chi connectivity index (χ2n) is 5.60.